The third kappa shape index (κ3) is 12.3. The van der Waals surface area contributed by atoms with E-state index in [4.69, 9.17) is 4.74 Å². The molecule has 0 aliphatic rings. The van der Waals surface area contributed by atoms with E-state index < -0.39 is 0 Å². The molecule has 4 aromatic carbocycles. The summed E-state index contributed by atoms with van der Waals surface area (Å²) in [6.45, 7) is 67.7. The maximum atomic E-state index is 7.66. The van der Waals surface area contributed by atoms with Crippen molar-refractivity contribution in [2.24, 2.45) is 0 Å². The van der Waals surface area contributed by atoms with Crippen molar-refractivity contribution >= 4 is 0 Å². The molecule has 1 heteroatoms. The summed E-state index contributed by atoms with van der Waals surface area (Å²) in [7, 11) is 0. The van der Waals surface area contributed by atoms with Gasteiger partial charge in [-0.2, -0.15) is 0 Å². The van der Waals surface area contributed by atoms with Crippen LogP contribution in [0.5, 0.6) is 0 Å². The van der Waals surface area contributed by atoms with Gasteiger partial charge in [0.05, 0.1) is 13.2 Å². The summed E-state index contributed by atoms with van der Waals surface area (Å²) in [5.74, 6) is 0.0556. The highest BCUT2D eigenvalue weighted by atomic mass is 16.5. The quantitative estimate of drug-likeness (QED) is 0.171. The predicted molar refractivity (Wildman–Crippen MR) is 289 cm³/mol. The molecule has 0 saturated heterocycles. The molecule has 360 valence electrons. The molecular formula is C64H98O. The topological polar surface area (TPSA) is 9.23 Å². The fourth-order valence-corrected chi connectivity index (χ4v) is 10.2. The van der Waals surface area contributed by atoms with Crippen molar-refractivity contribution < 1.29 is 4.74 Å². The van der Waals surface area contributed by atoms with Crippen LogP contribution >= 0.6 is 0 Å². The lowest BCUT2D eigenvalue weighted by molar-refractivity contribution is 0.119. The maximum Gasteiger partial charge on any atom is 0.0576 e. The van der Waals surface area contributed by atoms with Crippen LogP contribution in [0.3, 0.4) is 0 Å². The van der Waals surface area contributed by atoms with Gasteiger partial charge >= 0.3 is 0 Å². The minimum absolute atomic E-state index is 0.0275. The standard InChI is InChI=1S/C64H98O/c1-39-29-43(57(5,6)7)33-49(61(17,18)19)53(39)47(54-40(2)30-44(58(8,9)10)34-50(54)62(20,21)22)37-65-38-48(55-41(3)31-45(59(11,12)13)35-51(55)63(23,24)25)56-42(4)32-46(60(14,15)16)36-52(56)64(26,27)28/h29-36,47-48H,37-38H2,1-28H3. The second-order valence-corrected chi connectivity index (χ2v) is 28.7. The molecule has 0 heterocycles. The summed E-state index contributed by atoms with van der Waals surface area (Å²) in [5, 5.41) is 0. The SMILES string of the molecule is Cc1cc(C(C)(C)C)cc(C(C)(C)C)c1C(COCC(c1c(C)cc(C(C)(C)C)cc1C(C)(C)C)c1c(C)cc(C(C)(C)C)cc1C(C)(C)C)c1c(C)cc(C(C)(C)C)cc1C(C)(C)C. The van der Waals surface area contributed by atoms with E-state index >= 15 is 0 Å². The zero-order valence-corrected chi connectivity index (χ0v) is 47.6. The molecule has 0 saturated carbocycles. The molecule has 1 nitrogen and oxygen atoms in total. The first kappa shape index (κ1) is 54.4. The van der Waals surface area contributed by atoms with Crippen molar-refractivity contribution in [1.29, 1.82) is 0 Å². The van der Waals surface area contributed by atoms with Gasteiger partial charge in [-0.3, -0.25) is 0 Å². The van der Waals surface area contributed by atoms with E-state index in [0.29, 0.717) is 13.2 Å². The Hall–Kier alpha value is -3.16. The average molecular weight is 883 g/mol. The van der Waals surface area contributed by atoms with Gasteiger partial charge in [-0.1, -0.05) is 215 Å². The fraction of sp³-hybridized carbons (Fsp3) is 0.625. The molecule has 4 aromatic rings. The van der Waals surface area contributed by atoms with Gasteiger partial charge in [0.2, 0.25) is 0 Å². The minimum Gasteiger partial charge on any atom is -0.379 e. The Morgan fingerprint density at radius 3 is 0.585 bits per heavy atom. The largest absolute Gasteiger partial charge is 0.379 e. The van der Waals surface area contributed by atoms with Crippen LogP contribution in [-0.4, -0.2) is 13.2 Å². The van der Waals surface area contributed by atoms with Gasteiger partial charge in [0.1, 0.15) is 0 Å². The smallest absolute Gasteiger partial charge is 0.0576 e. The Kier molecular flexibility index (Phi) is 15.1. The Bertz CT molecular complexity index is 2010. The molecular weight excluding hydrogens is 785 g/mol. The molecule has 0 aromatic heterocycles. The van der Waals surface area contributed by atoms with Crippen LogP contribution in [0.15, 0.2) is 48.5 Å². The van der Waals surface area contributed by atoms with Gasteiger partial charge in [0.15, 0.2) is 0 Å². The number of rotatable bonds is 8. The molecule has 0 fully saturated rings. The van der Waals surface area contributed by atoms with Crippen LogP contribution in [0, 0.1) is 27.7 Å². The van der Waals surface area contributed by atoms with Gasteiger partial charge in [0.25, 0.3) is 0 Å². The van der Waals surface area contributed by atoms with E-state index in [1.807, 2.05) is 0 Å². The van der Waals surface area contributed by atoms with Gasteiger partial charge < -0.3 is 4.74 Å². The lowest BCUT2D eigenvalue weighted by Crippen LogP contribution is -2.29. The average Bonchev–Trinajstić information content (AvgIpc) is 3.08. The van der Waals surface area contributed by atoms with E-state index in [1.54, 1.807) is 0 Å². The first-order valence-corrected chi connectivity index (χ1v) is 25.2. The van der Waals surface area contributed by atoms with Crippen LogP contribution in [0.4, 0.5) is 0 Å². The van der Waals surface area contributed by atoms with Crippen LogP contribution < -0.4 is 0 Å². The molecule has 0 bridgehead atoms. The van der Waals surface area contributed by atoms with Gasteiger partial charge in [0, 0.05) is 11.8 Å². The summed E-state index contributed by atoms with van der Waals surface area (Å²) in [6.07, 6.45) is 0. The van der Waals surface area contributed by atoms with E-state index in [2.05, 4.69) is 242 Å². The van der Waals surface area contributed by atoms with E-state index in [9.17, 15) is 0 Å². The molecule has 0 amide bonds. The number of benzene rings is 4. The van der Waals surface area contributed by atoms with Gasteiger partial charge in [-0.25, -0.2) is 0 Å². The van der Waals surface area contributed by atoms with E-state index in [-0.39, 0.29) is 55.2 Å². The molecule has 4 rings (SSSR count). The number of ether oxygens (including phenoxy) is 1. The van der Waals surface area contributed by atoms with Crippen LogP contribution in [0.1, 0.15) is 267 Å². The zero-order valence-electron chi connectivity index (χ0n) is 47.6. The molecule has 0 radical (unpaired) electrons. The highest BCUT2D eigenvalue weighted by molar-refractivity contribution is 5.57. The maximum absolute atomic E-state index is 7.66. The Labute approximate surface area is 402 Å². The van der Waals surface area contributed by atoms with E-state index in [1.165, 1.54) is 89.0 Å². The van der Waals surface area contributed by atoms with Crippen LogP contribution in [0.2, 0.25) is 0 Å². The molecule has 0 aliphatic carbocycles. The normalized spacial score (nSPS) is 14.0. The van der Waals surface area contributed by atoms with E-state index in [0.717, 1.165) is 0 Å². The second kappa shape index (κ2) is 18.1. The van der Waals surface area contributed by atoms with Crippen molar-refractivity contribution in [1.82, 2.24) is 0 Å². The molecule has 0 N–H and O–H groups in total. The highest BCUT2D eigenvalue weighted by Crippen LogP contribution is 2.48. The third-order valence-corrected chi connectivity index (χ3v) is 14.2. The molecule has 0 unspecified atom stereocenters. The number of aryl methyl sites for hydroxylation is 4. The van der Waals surface area contributed by atoms with Crippen LogP contribution in [0.25, 0.3) is 0 Å². The molecule has 65 heavy (non-hydrogen) atoms. The third-order valence-electron chi connectivity index (χ3n) is 14.2. The van der Waals surface area contributed by atoms with Crippen molar-refractivity contribution in [3.05, 3.63) is 138 Å². The predicted octanol–water partition coefficient (Wildman–Crippen LogP) is 18.3. The van der Waals surface area contributed by atoms with Crippen LogP contribution in [-0.2, 0) is 48.1 Å². The zero-order chi connectivity index (χ0) is 50.2. The fourth-order valence-electron chi connectivity index (χ4n) is 10.2. The highest BCUT2D eigenvalue weighted by Gasteiger charge is 2.37. The van der Waals surface area contributed by atoms with Crippen molar-refractivity contribution in [3.8, 4) is 0 Å². The second-order valence-electron chi connectivity index (χ2n) is 28.7. The van der Waals surface area contributed by atoms with Crippen molar-refractivity contribution in [2.75, 3.05) is 13.2 Å². The number of hydrogen-bond acceptors (Lipinski definition) is 1. The van der Waals surface area contributed by atoms with Crippen molar-refractivity contribution in [2.45, 2.75) is 249 Å². The summed E-state index contributed by atoms with van der Waals surface area (Å²) >= 11 is 0. The number of hydrogen-bond donors (Lipinski definition) is 0. The molecule has 0 atom stereocenters. The Morgan fingerprint density at radius 1 is 0.277 bits per heavy atom. The lowest BCUT2D eigenvalue weighted by Gasteiger charge is -2.38. The van der Waals surface area contributed by atoms with Crippen molar-refractivity contribution in [3.63, 3.8) is 0 Å². The minimum atomic E-state index is -0.0790. The van der Waals surface area contributed by atoms with Gasteiger partial charge in [-0.05, 0) is 160 Å². The first-order chi connectivity index (χ1) is 29.0. The lowest BCUT2D eigenvalue weighted by atomic mass is 9.69. The summed E-state index contributed by atoms with van der Waals surface area (Å²) in [6, 6.07) is 20.1. The summed E-state index contributed by atoms with van der Waals surface area (Å²) < 4.78 is 7.66. The van der Waals surface area contributed by atoms with Gasteiger partial charge in [-0.15, -0.1) is 0 Å². The molecule has 0 spiro atoms. The Morgan fingerprint density at radius 2 is 0.446 bits per heavy atom. The summed E-state index contributed by atoms with van der Waals surface area (Å²) in [4.78, 5) is 0. The first-order valence-electron chi connectivity index (χ1n) is 25.2. The summed E-state index contributed by atoms with van der Waals surface area (Å²) in [5.41, 5.74) is 22.3. The monoisotopic (exact) mass is 883 g/mol. The molecule has 0 aliphatic heterocycles. The Balaban J connectivity index is 2.18.